The van der Waals surface area contributed by atoms with E-state index in [9.17, 15) is 14.4 Å². The first kappa shape index (κ1) is 26.2. The Morgan fingerprint density at radius 1 is 0.850 bits per heavy atom. The van der Waals surface area contributed by atoms with Gasteiger partial charge in [-0.05, 0) is 41.1 Å². The van der Waals surface area contributed by atoms with Crippen LogP contribution in [0.3, 0.4) is 0 Å². The molecule has 0 spiro atoms. The number of hydrogen-bond acceptors (Lipinski definition) is 9. The molecule has 40 heavy (non-hydrogen) atoms. The van der Waals surface area contributed by atoms with Gasteiger partial charge in [0.25, 0.3) is 0 Å². The maximum absolute atomic E-state index is 12.8. The number of amides is 2. The number of rotatable bonds is 7. The second kappa shape index (κ2) is 12.0. The van der Waals surface area contributed by atoms with Gasteiger partial charge in [-0.3, -0.25) is 14.9 Å². The molecule has 5 rings (SSSR count). The SMILES string of the molecule is COc1ccc(C(=O)Oc2ccc3ccccc3c2/C=N\NC(=O)C(=O)Nc2nnc(-c3ccccc3)s2)cc1. The standard InChI is InChI=1S/C29H21N5O5S/c1-38-21-14-11-20(12-15-21)28(37)39-24-16-13-18-7-5-6-10-22(18)23(24)17-30-32-26(36)25(35)31-29-34-33-27(40-29)19-8-3-2-4-9-19/h2-17H,1H3,(H,32,36)(H,31,34,35)/b30-17-. The van der Waals surface area contributed by atoms with Crippen molar-refractivity contribution in [1.82, 2.24) is 15.6 Å². The van der Waals surface area contributed by atoms with Crippen molar-refractivity contribution in [2.24, 2.45) is 5.10 Å². The van der Waals surface area contributed by atoms with Crippen LogP contribution in [0.4, 0.5) is 5.13 Å². The van der Waals surface area contributed by atoms with Crippen molar-refractivity contribution in [3.05, 3.63) is 102 Å². The van der Waals surface area contributed by atoms with Crippen molar-refractivity contribution in [1.29, 1.82) is 0 Å². The zero-order valence-electron chi connectivity index (χ0n) is 21.0. The molecule has 0 saturated heterocycles. The summed E-state index contributed by atoms with van der Waals surface area (Å²) in [6, 6.07) is 26.7. The Bertz CT molecular complexity index is 1720. The van der Waals surface area contributed by atoms with E-state index >= 15 is 0 Å². The lowest BCUT2D eigenvalue weighted by Crippen LogP contribution is -2.32. The van der Waals surface area contributed by atoms with Gasteiger partial charge < -0.3 is 9.47 Å². The molecule has 198 valence electrons. The fraction of sp³-hybridized carbons (Fsp3) is 0.0345. The van der Waals surface area contributed by atoms with Crippen LogP contribution in [-0.2, 0) is 9.59 Å². The van der Waals surface area contributed by atoms with Gasteiger partial charge in [-0.25, -0.2) is 10.2 Å². The average Bonchev–Trinajstić information content (AvgIpc) is 3.46. The van der Waals surface area contributed by atoms with Crippen molar-refractivity contribution < 1.29 is 23.9 Å². The molecule has 0 fully saturated rings. The molecule has 0 aliphatic rings. The minimum atomic E-state index is -1.01. The number of nitrogens with zero attached hydrogens (tertiary/aromatic N) is 3. The van der Waals surface area contributed by atoms with Crippen molar-refractivity contribution in [3.63, 3.8) is 0 Å². The largest absolute Gasteiger partial charge is 0.497 e. The molecule has 5 aromatic rings. The van der Waals surface area contributed by atoms with Gasteiger partial charge in [0, 0.05) is 11.1 Å². The van der Waals surface area contributed by atoms with E-state index in [1.165, 1.54) is 13.3 Å². The number of carbonyl (C=O) groups excluding carboxylic acids is 3. The van der Waals surface area contributed by atoms with Crippen LogP contribution in [0.1, 0.15) is 15.9 Å². The summed E-state index contributed by atoms with van der Waals surface area (Å²) in [5, 5.41) is 16.7. The summed E-state index contributed by atoms with van der Waals surface area (Å²) in [7, 11) is 1.54. The fourth-order valence-electron chi connectivity index (χ4n) is 3.71. The first-order chi connectivity index (χ1) is 19.5. The summed E-state index contributed by atoms with van der Waals surface area (Å²) in [6.07, 6.45) is 1.32. The maximum Gasteiger partial charge on any atom is 0.343 e. The highest BCUT2D eigenvalue weighted by atomic mass is 32.1. The molecule has 2 N–H and O–H groups in total. The Labute approximate surface area is 232 Å². The number of esters is 1. The van der Waals surface area contributed by atoms with Crippen LogP contribution in [0.25, 0.3) is 21.3 Å². The molecule has 0 atom stereocenters. The summed E-state index contributed by atoms with van der Waals surface area (Å²) >= 11 is 1.13. The number of carbonyl (C=O) groups is 3. The molecule has 0 unspecified atom stereocenters. The van der Waals surface area contributed by atoms with Gasteiger partial charge in [-0.15, -0.1) is 10.2 Å². The van der Waals surface area contributed by atoms with Gasteiger partial charge in [0.1, 0.15) is 16.5 Å². The molecule has 4 aromatic carbocycles. The molecular formula is C29H21N5O5S. The van der Waals surface area contributed by atoms with E-state index < -0.39 is 17.8 Å². The Kier molecular flexibility index (Phi) is 7.84. The average molecular weight is 552 g/mol. The van der Waals surface area contributed by atoms with Crippen LogP contribution in [0.2, 0.25) is 0 Å². The third-order valence-corrected chi connectivity index (χ3v) is 6.58. The molecule has 0 saturated carbocycles. The second-order valence-corrected chi connectivity index (χ2v) is 9.23. The van der Waals surface area contributed by atoms with Gasteiger partial charge in [0.15, 0.2) is 0 Å². The molecule has 1 aromatic heterocycles. The topological polar surface area (TPSA) is 132 Å². The maximum atomic E-state index is 12.8. The lowest BCUT2D eigenvalue weighted by atomic mass is 10.0. The van der Waals surface area contributed by atoms with Crippen LogP contribution >= 0.6 is 11.3 Å². The summed E-state index contributed by atoms with van der Waals surface area (Å²) in [5.74, 6) is -1.72. The third kappa shape index (κ3) is 6.00. The number of hydrazone groups is 1. The van der Waals surface area contributed by atoms with Crippen LogP contribution in [0, 0.1) is 0 Å². The lowest BCUT2D eigenvalue weighted by molar-refractivity contribution is -0.136. The summed E-state index contributed by atoms with van der Waals surface area (Å²) in [4.78, 5) is 37.6. The first-order valence-corrected chi connectivity index (χ1v) is 12.7. The van der Waals surface area contributed by atoms with Crippen molar-refractivity contribution >= 4 is 51.2 Å². The van der Waals surface area contributed by atoms with Crippen molar-refractivity contribution in [3.8, 4) is 22.1 Å². The molecule has 2 amide bonds. The van der Waals surface area contributed by atoms with Gasteiger partial charge in [0.05, 0.1) is 18.9 Å². The van der Waals surface area contributed by atoms with E-state index in [0.717, 1.165) is 27.7 Å². The van der Waals surface area contributed by atoms with E-state index in [-0.39, 0.29) is 10.9 Å². The molecule has 1 heterocycles. The second-order valence-electron chi connectivity index (χ2n) is 8.25. The normalized spacial score (nSPS) is 10.8. The highest BCUT2D eigenvalue weighted by molar-refractivity contribution is 7.18. The van der Waals surface area contributed by atoms with Crippen molar-refractivity contribution in [2.45, 2.75) is 0 Å². The fourth-order valence-corrected chi connectivity index (χ4v) is 4.46. The molecule has 10 nitrogen and oxygen atoms in total. The van der Waals surface area contributed by atoms with Gasteiger partial charge in [-0.2, -0.15) is 5.10 Å². The molecule has 0 bridgehead atoms. The van der Waals surface area contributed by atoms with Crippen LogP contribution in [0.15, 0.2) is 96.1 Å². The number of nitrogens with one attached hydrogen (secondary N) is 2. The Morgan fingerprint density at radius 3 is 2.38 bits per heavy atom. The van der Waals surface area contributed by atoms with Crippen LogP contribution in [-0.4, -0.2) is 41.3 Å². The molecule has 0 aliphatic heterocycles. The third-order valence-electron chi connectivity index (χ3n) is 5.69. The van der Waals surface area contributed by atoms with E-state index in [1.54, 1.807) is 36.4 Å². The minimum Gasteiger partial charge on any atom is -0.497 e. The van der Waals surface area contributed by atoms with Crippen LogP contribution in [0.5, 0.6) is 11.5 Å². The molecular weight excluding hydrogens is 530 g/mol. The number of methoxy groups -OCH3 is 1. The van der Waals surface area contributed by atoms with Crippen LogP contribution < -0.4 is 20.2 Å². The quantitative estimate of drug-likeness (QED) is 0.0987. The minimum absolute atomic E-state index is 0.171. The van der Waals surface area contributed by atoms with Gasteiger partial charge >= 0.3 is 17.8 Å². The van der Waals surface area contributed by atoms with E-state index in [4.69, 9.17) is 9.47 Å². The Balaban J connectivity index is 1.29. The zero-order chi connectivity index (χ0) is 27.9. The van der Waals surface area contributed by atoms with E-state index in [0.29, 0.717) is 21.9 Å². The predicted molar refractivity (Wildman–Crippen MR) is 152 cm³/mol. The smallest absolute Gasteiger partial charge is 0.343 e. The Morgan fingerprint density at radius 2 is 1.60 bits per heavy atom. The number of ether oxygens (including phenoxy) is 2. The Hall–Kier alpha value is -5.42. The van der Waals surface area contributed by atoms with E-state index in [2.05, 4.69) is 26.0 Å². The van der Waals surface area contributed by atoms with Crippen molar-refractivity contribution in [2.75, 3.05) is 12.4 Å². The molecule has 0 aliphatic carbocycles. The monoisotopic (exact) mass is 551 g/mol. The first-order valence-electron chi connectivity index (χ1n) is 11.9. The number of hydrogen-bond donors (Lipinski definition) is 2. The molecule has 0 radical (unpaired) electrons. The number of fused-ring (bicyclic) bond motifs is 1. The summed E-state index contributed by atoms with van der Waals surface area (Å²) in [5.41, 5.74) is 3.81. The predicted octanol–water partition coefficient (Wildman–Crippen LogP) is 4.67. The van der Waals surface area contributed by atoms with Gasteiger partial charge in [0.2, 0.25) is 5.13 Å². The summed E-state index contributed by atoms with van der Waals surface area (Å²) in [6.45, 7) is 0. The summed E-state index contributed by atoms with van der Waals surface area (Å²) < 4.78 is 10.8. The zero-order valence-corrected chi connectivity index (χ0v) is 21.8. The lowest BCUT2D eigenvalue weighted by Gasteiger charge is -2.11. The molecule has 11 heteroatoms. The number of benzene rings is 4. The number of anilines is 1. The van der Waals surface area contributed by atoms with E-state index in [1.807, 2.05) is 54.6 Å². The highest BCUT2D eigenvalue weighted by Gasteiger charge is 2.17. The highest BCUT2D eigenvalue weighted by Crippen LogP contribution is 2.28. The van der Waals surface area contributed by atoms with Gasteiger partial charge in [-0.1, -0.05) is 72.0 Å². The number of aromatic nitrogens is 2.